The van der Waals surface area contributed by atoms with Crippen molar-refractivity contribution in [2.45, 2.75) is 0 Å². The maximum atomic E-state index is 5.44. The van der Waals surface area contributed by atoms with Crippen molar-refractivity contribution < 1.29 is 0 Å². The minimum atomic E-state index is 0.443. The first kappa shape index (κ1) is 63.9. The summed E-state index contributed by atoms with van der Waals surface area (Å²) in [6.45, 7) is 0. The molecule has 0 fully saturated rings. The fraction of sp³-hybridized carbons (Fsp3) is 0. The van der Waals surface area contributed by atoms with Crippen molar-refractivity contribution in [2.75, 3.05) is 0 Å². The Bertz CT molecular complexity index is 7420. The molecule has 0 spiro atoms. The zero-order valence-electron chi connectivity index (χ0n) is 60.3. The van der Waals surface area contributed by atoms with E-state index in [0.29, 0.717) is 29.1 Å². The molecule has 0 unspecified atom stereocenters. The van der Waals surface area contributed by atoms with Gasteiger partial charge < -0.3 is 18.3 Å². The van der Waals surface area contributed by atoms with Gasteiger partial charge in [0.2, 0.25) is 0 Å². The molecule has 0 amide bonds. The highest BCUT2D eigenvalue weighted by molar-refractivity contribution is 6.18. The monoisotopic (exact) mass is 1430 g/mol. The number of benzene rings is 15. The molecule has 0 saturated heterocycles. The summed E-state index contributed by atoms with van der Waals surface area (Å²) in [6.07, 6.45) is 3.76. The van der Waals surface area contributed by atoms with Gasteiger partial charge in [-0.25, -0.2) is 34.9 Å². The van der Waals surface area contributed by atoms with E-state index in [1.165, 1.54) is 32.6 Å². The van der Waals surface area contributed by atoms with Crippen LogP contribution >= 0.6 is 0 Å². The van der Waals surface area contributed by atoms with E-state index in [1.54, 1.807) is 0 Å². The molecule has 0 atom stereocenters. The molecule has 0 aliphatic carbocycles. The summed E-state index contributed by atoms with van der Waals surface area (Å²) in [7, 11) is 0. The number of fused-ring (bicyclic) bond motifs is 12. The summed E-state index contributed by atoms with van der Waals surface area (Å²) < 4.78 is 9.41. The minimum absolute atomic E-state index is 0.443. The first-order chi connectivity index (χ1) is 55.5. The van der Waals surface area contributed by atoms with Crippen molar-refractivity contribution in [2.24, 2.45) is 0 Å². The van der Waals surface area contributed by atoms with Crippen LogP contribution in [0, 0.1) is 0 Å². The second kappa shape index (κ2) is 26.3. The molecule has 0 aliphatic rings. The van der Waals surface area contributed by atoms with Gasteiger partial charge in [0.25, 0.3) is 0 Å². The molecule has 0 saturated carbocycles. The maximum absolute atomic E-state index is 5.44. The van der Waals surface area contributed by atoms with Crippen molar-refractivity contribution >= 4 is 87.2 Å². The number of hydrogen-bond donors (Lipinski definition) is 0. The van der Waals surface area contributed by atoms with E-state index in [2.05, 4.69) is 328 Å². The normalized spacial score (nSPS) is 11.8. The van der Waals surface area contributed by atoms with Crippen LogP contribution < -0.4 is 0 Å². The van der Waals surface area contributed by atoms with Crippen LogP contribution in [0.5, 0.6) is 0 Å². The highest BCUT2D eigenvalue weighted by Crippen LogP contribution is 2.45. The van der Waals surface area contributed by atoms with Gasteiger partial charge >= 0.3 is 0 Å². The van der Waals surface area contributed by atoms with Crippen molar-refractivity contribution in [3.05, 3.63) is 382 Å². The van der Waals surface area contributed by atoms with Gasteiger partial charge in [-0.3, -0.25) is 0 Å². The van der Waals surface area contributed by atoms with Gasteiger partial charge in [0.05, 0.1) is 73.6 Å². The first-order valence-electron chi connectivity index (χ1n) is 37.7. The van der Waals surface area contributed by atoms with E-state index in [-0.39, 0.29) is 0 Å². The topological polar surface area (TPSA) is 110 Å². The molecular weight excluding hydrogens is 1370 g/mol. The van der Waals surface area contributed by atoms with E-state index in [0.717, 1.165) is 150 Å². The van der Waals surface area contributed by atoms with Crippen LogP contribution in [-0.2, 0) is 0 Å². The minimum Gasteiger partial charge on any atom is -0.309 e. The number of rotatable bonds is 13. The molecule has 112 heavy (non-hydrogen) atoms. The highest BCUT2D eigenvalue weighted by Gasteiger charge is 2.24. The summed E-state index contributed by atoms with van der Waals surface area (Å²) in [5.41, 5.74) is 25.7. The number of hydrogen-bond acceptors (Lipinski definition) is 7. The molecule has 15 aromatic carbocycles. The lowest BCUT2D eigenvalue weighted by Crippen LogP contribution is -2.01. The summed E-state index contributed by atoms with van der Waals surface area (Å²) in [5.74, 6) is 2.64. The van der Waals surface area contributed by atoms with Crippen molar-refractivity contribution in [3.8, 4) is 124 Å². The summed E-state index contributed by atoms with van der Waals surface area (Å²) in [4.78, 5) is 36.1. The van der Waals surface area contributed by atoms with Gasteiger partial charge in [-0.05, 0) is 143 Å². The third-order valence-corrected chi connectivity index (χ3v) is 21.9. The zero-order chi connectivity index (χ0) is 73.7. The summed E-state index contributed by atoms with van der Waals surface area (Å²) in [6, 6.07) is 131. The Morgan fingerprint density at radius 2 is 0.536 bits per heavy atom. The molecule has 7 aromatic heterocycles. The van der Waals surface area contributed by atoms with Crippen LogP contribution in [0.15, 0.2) is 382 Å². The molecule has 0 bridgehead atoms. The van der Waals surface area contributed by atoms with E-state index >= 15 is 0 Å². The summed E-state index contributed by atoms with van der Waals surface area (Å²) >= 11 is 0. The van der Waals surface area contributed by atoms with Crippen LogP contribution in [0.3, 0.4) is 0 Å². The average molecular weight is 1430 g/mol. The second-order valence-corrected chi connectivity index (χ2v) is 28.5. The van der Waals surface area contributed by atoms with Gasteiger partial charge in [0, 0.05) is 88.0 Å². The predicted molar refractivity (Wildman–Crippen MR) is 457 cm³/mol. The van der Waals surface area contributed by atoms with Crippen LogP contribution in [0.25, 0.3) is 212 Å². The number of para-hydroxylation sites is 5. The van der Waals surface area contributed by atoms with Gasteiger partial charge in [-0.2, -0.15) is 0 Å². The fourth-order valence-electron chi connectivity index (χ4n) is 16.8. The first-order valence-corrected chi connectivity index (χ1v) is 37.7. The molecule has 7 heterocycles. The molecule has 11 nitrogen and oxygen atoms in total. The molecule has 0 aliphatic heterocycles. The third kappa shape index (κ3) is 10.8. The lowest BCUT2D eigenvalue weighted by atomic mass is 9.96. The highest BCUT2D eigenvalue weighted by atomic mass is 15.1. The zero-order valence-corrected chi connectivity index (χ0v) is 60.3. The number of nitrogens with zero attached hydrogens (tertiary/aromatic N) is 11. The second-order valence-electron chi connectivity index (χ2n) is 28.5. The lowest BCUT2D eigenvalue weighted by Gasteiger charge is -2.13. The largest absolute Gasteiger partial charge is 0.309 e. The predicted octanol–water partition coefficient (Wildman–Crippen LogP) is 24.8. The van der Waals surface area contributed by atoms with Crippen LogP contribution in [0.4, 0.5) is 0 Å². The molecule has 22 aromatic rings. The van der Waals surface area contributed by atoms with E-state index in [9.17, 15) is 0 Å². The van der Waals surface area contributed by atoms with E-state index < -0.39 is 0 Å². The smallest absolute Gasteiger partial charge is 0.198 e. The van der Waals surface area contributed by atoms with Gasteiger partial charge in [-0.15, -0.1) is 0 Å². The van der Waals surface area contributed by atoms with Crippen molar-refractivity contribution in [1.82, 2.24) is 53.2 Å². The standard InChI is InChI=1S/C101H63N11/c1-6-25-64(26-7-1)86-61-87(65-27-8-2-9-28-65)105-101(104-86)100-102-62-77(63-103-100)112-90-45-21-18-41-81(90)85-58-68(50-54-92(85)112)70-48-52-83-95(60-70)110(75-36-14-5-15-37-75)93-46-24-42-78(96(83)93)71-31-22-32-72(55-71)98-106-97(66-29-10-3-11-30-66)107-99(108-98)73-33-23-38-76(56-73)111-88-43-19-16-39-79(88)82-51-47-69(59-94(82)111)67-49-53-91-84(57-67)80-40-17-20-44-89(80)109(91)74-34-12-4-13-35-74/h1-63H. The molecule has 11 heteroatoms. The molecular formula is C101H63N11. The molecule has 0 N–H and O–H groups in total. The summed E-state index contributed by atoms with van der Waals surface area (Å²) in [5, 5.41) is 9.31. The van der Waals surface area contributed by atoms with Crippen molar-refractivity contribution in [1.29, 1.82) is 0 Å². The Kier molecular flexibility index (Phi) is 15.0. The van der Waals surface area contributed by atoms with Gasteiger partial charge in [0.15, 0.2) is 29.1 Å². The Labute approximate surface area is 643 Å². The Hall–Kier alpha value is -15.3. The Balaban J connectivity index is 0.624. The lowest BCUT2D eigenvalue weighted by molar-refractivity contribution is 1.04. The molecule has 22 rings (SSSR count). The Morgan fingerprint density at radius 3 is 1.10 bits per heavy atom. The number of aromatic nitrogens is 11. The quantitative estimate of drug-likeness (QED) is 0.113. The van der Waals surface area contributed by atoms with E-state index in [4.69, 9.17) is 34.9 Å². The maximum Gasteiger partial charge on any atom is 0.198 e. The molecule has 522 valence electrons. The van der Waals surface area contributed by atoms with Gasteiger partial charge in [0.1, 0.15) is 0 Å². The molecule has 0 radical (unpaired) electrons. The van der Waals surface area contributed by atoms with Crippen molar-refractivity contribution in [3.63, 3.8) is 0 Å². The van der Waals surface area contributed by atoms with Crippen LogP contribution in [0.1, 0.15) is 0 Å². The van der Waals surface area contributed by atoms with Crippen LogP contribution in [0.2, 0.25) is 0 Å². The van der Waals surface area contributed by atoms with Crippen LogP contribution in [-0.4, -0.2) is 53.2 Å². The van der Waals surface area contributed by atoms with E-state index in [1.807, 2.05) is 73.1 Å². The van der Waals surface area contributed by atoms with Gasteiger partial charge in [-0.1, -0.05) is 261 Å². The SMILES string of the molecule is c1ccc(-c2cc(-c3ccccc3)nc(-c3ncc(-n4c5ccccc5c5cc(-c6ccc7c8c(-c9cccc(-c%10nc(-c%11ccccc%11)nc(-c%11cccc(-n%12c%13ccccc%13c%13ccc(-c%14ccc%15c(c%14)c%14ccccc%14n%15-c%14ccccc%14)cc%13%12)c%11)n%10)c9)cccc8n(-c8ccccc8)c7c6)ccc54)cn3)n2)cc1. The average Bonchev–Trinajstić information content (AvgIpc) is 1.58. The Morgan fingerprint density at radius 1 is 0.170 bits per heavy atom. The third-order valence-electron chi connectivity index (χ3n) is 21.9. The fourth-order valence-corrected chi connectivity index (χ4v) is 16.8.